The fourth-order valence-electron chi connectivity index (χ4n) is 2.23. The fraction of sp³-hybridized carbons (Fsp3) is 0.400. The Kier molecular flexibility index (Phi) is 2.10. The van der Waals surface area contributed by atoms with Crippen LogP contribution < -0.4 is 11.5 Å². The Labute approximate surface area is 96.9 Å². The maximum atomic E-state index is 6.05. The quantitative estimate of drug-likeness (QED) is 0.699. The largest absolute Gasteiger partial charge is 0.390 e. The molecule has 2 aromatic heterocycles. The Morgan fingerprint density at radius 3 is 2.75 bits per heavy atom. The zero-order chi connectivity index (χ0) is 11.1. The van der Waals surface area contributed by atoms with Gasteiger partial charge in [-0.1, -0.05) is 0 Å². The molecule has 2 aromatic rings. The smallest absolute Gasteiger partial charge is 0.239 e. The van der Waals surface area contributed by atoms with E-state index in [4.69, 9.17) is 11.5 Å². The van der Waals surface area contributed by atoms with Crippen LogP contribution in [0.4, 0.5) is 10.9 Å². The zero-order valence-corrected chi connectivity index (χ0v) is 9.60. The second-order valence-electron chi connectivity index (χ2n) is 3.99. The molecule has 0 amide bonds. The molecule has 0 fully saturated rings. The van der Waals surface area contributed by atoms with Crippen LogP contribution in [0.2, 0.25) is 0 Å². The normalized spacial score (nSPS) is 15.0. The summed E-state index contributed by atoms with van der Waals surface area (Å²) in [6, 6.07) is 0. The van der Waals surface area contributed by atoms with Gasteiger partial charge in [0.15, 0.2) is 5.82 Å². The maximum absolute atomic E-state index is 6.05. The van der Waals surface area contributed by atoms with E-state index in [9.17, 15) is 0 Å². The number of aromatic amines is 1. The van der Waals surface area contributed by atoms with Crippen molar-refractivity contribution in [1.29, 1.82) is 0 Å². The zero-order valence-electron chi connectivity index (χ0n) is 8.79. The summed E-state index contributed by atoms with van der Waals surface area (Å²) in [6.45, 7) is 0. The summed E-state index contributed by atoms with van der Waals surface area (Å²) in [7, 11) is 0. The number of nitrogen functional groups attached to an aromatic ring is 2. The van der Waals surface area contributed by atoms with Gasteiger partial charge in [-0.3, -0.25) is 5.10 Å². The highest BCUT2D eigenvalue weighted by molar-refractivity contribution is 7.16. The van der Waals surface area contributed by atoms with Crippen LogP contribution in [0.5, 0.6) is 0 Å². The molecule has 0 aromatic carbocycles. The molecule has 0 unspecified atom stereocenters. The number of aromatic nitrogens is 3. The van der Waals surface area contributed by atoms with E-state index in [1.165, 1.54) is 23.3 Å². The molecule has 1 aliphatic carbocycles. The van der Waals surface area contributed by atoms with Gasteiger partial charge < -0.3 is 11.5 Å². The van der Waals surface area contributed by atoms with E-state index in [1.54, 1.807) is 11.3 Å². The van der Waals surface area contributed by atoms with Gasteiger partial charge in [0, 0.05) is 4.88 Å². The van der Waals surface area contributed by atoms with Crippen LogP contribution >= 0.6 is 11.3 Å². The average molecular weight is 235 g/mol. The molecular weight excluding hydrogens is 222 g/mol. The molecule has 6 heteroatoms. The van der Waals surface area contributed by atoms with E-state index < -0.39 is 0 Å². The number of fused-ring (bicyclic) bond motifs is 1. The first-order valence-corrected chi connectivity index (χ1v) is 6.15. The molecule has 0 bridgehead atoms. The molecular formula is C10H13N5S. The van der Waals surface area contributed by atoms with Gasteiger partial charge in [-0.05, 0) is 31.2 Å². The van der Waals surface area contributed by atoms with Gasteiger partial charge in [-0.15, -0.1) is 16.4 Å². The lowest BCUT2D eigenvalue weighted by Gasteiger charge is -2.11. The number of nitrogens with two attached hydrogens (primary N) is 2. The highest BCUT2D eigenvalue weighted by atomic mass is 32.1. The van der Waals surface area contributed by atoms with Crippen LogP contribution in [-0.4, -0.2) is 15.2 Å². The molecule has 5 N–H and O–H groups in total. The Morgan fingerprint density at radius 1 is 1.19 bits per heavy atom. The van der Waals surface area contributed by atoms with Gasteiger partial charge >= 0.3 is 0 Å². The molecule has 3 rings (SSSR count). The Balaban J connectivity index is 2.16. The monoisotopic (exact) mass is 235 g/mol. The number of H-pyrrole nitrogens is 1. The van der Waals surface area contributed by atoms with Gasteiger partial charge in [0.05, 0.1) is 10.6 Å². The SMILES string of the molecule is Nc1n[nH]c(-c2c(N)sc3c2CCCC3)n1. The number of nitrogens with one attached hydrogen (secondary N) is 1. The molecule has 0 saturated carbocycles. The van der Waals surface area contributed by atoms with Crippen LogP contribution in [0.25, 0.3) is 11.4 Å². The molecule has 0 saturated heterocycles. The second-order valence-corrected chi connectivity index (χ2v) is 5.13. The first-order valence-electron chi connectivity index (χ1n) is 5.34. The van der Waals surface area contributed by atoms with Crippen LogP contribution in [0.15, 0.2) is 0 Å². The van der Waals surface area contributed by atoms with Gasteiger partial charge in [-0.25, -0.2) is 0 Å². The maximum Gasteiger partial charge on any atom is 0.239 e. The first kappa shape index (κ1) is 9.65. The highest BCUT2D eigenvalue weighted by Crippen LogP contribution is 2.41. The van der Waals surface area contributed by atoms with Gasteiger partial charge in [0.25, 0.3) is 0 Å². The first-order chi connectivity index (χ1) is 7.75. The topological polar surface area (TPSA) is 93.6 Å². The summed E-state index contributed by atoms with van der Waals surface area (Å²) < 4.78 is 0. The number of thiophene rings is 1. The van der Waals surface area contributed by atoms with E-state index >= 15 is 0 Å². The van der Waals surface area contributed by atoms with Gasteiger partial charge in [0.1, 0.15) is 0 Å². The third-order valence-corrected chi connectivity index (χ3v) is 4.06. The Hall–Kier alpha value is -1.56. The van der Waals surface area contributed by atoms with Crippen molar-refractivity contribution in [3.05, 3.63) is 10.4 Å². The highest BCUT2D eigenvalue weighted by Gasteiger charge is 2.22. The minimum atomic E-state index is 0.269. The van der Waals surface area contributed by atoms with Gasteiger partial charge in [0.2, 0.25) is 5.95 Å². The number of hydrogen-bond acceptors (Lipinski definition) is 5. The van der Waals surface area contributed by atoms with E-state index in [1.807, 2.05) is 0 Å². The molecule has 0 spiro atoms. The molecule has 2 heterocycles. The van der Waals surface area contributed by atoms with E-state index in [-0.39, 0.29) is 5.95 Å². The van der Waals surface area contributed by atoms with Crippen molar-refractivity contribution in [1.82, 2.24) is 15.2 Å². The summed E-state index contributed by atoms with van der Waals surface area (Å²) in [6.07, 6.45) is 4.69. The van der Waals surface area contributed by atoms with Crippen molar-refractivity contribution in [3.8, 4) is 11.4 Å². The predicted molar refractivity (Wildman–Crippen MR) is 65.2 cm³/mol. The average Bonchev–Trinajstić information content (AvgIpc) is 2.80. The van der Waals surface area contributed by atoms with E-state index in [2.05, 4.69) is 15.2 Å². The van der Waals surface area contributed by atoms with Gasteiger partial charge in [-0.2, -0.15) is 4.98 Å². The minimum absolute atomic E-state index is 0.269. The Bertz CT molecular complexity index is 527. The molecule has 84 valence electrons. The van der Waals surface area contributed by atoms with Crippen molar-refractivity contribution in [2.75, 3.05) is 11.5 Å². The number of nitrogens with zero attached hydrogens (tertiary/aromatic N) is 2. The van der Waals surface area contributed by atoms with Crippen LogP contribution in [-0.2, 0) is 12.8 Å². The molecule has 5 nitrogen and oxygen atoms in total. The van der Waals surface area contributed by atoms with Crippen LogP contribution in [0.1, 0.15) is 23.3 Å². The van der Waals surface area contributed by atoms with Crippen molar-refractivity contribution in [2.45, 2.75) is 25.7 Å². The fourth-order valence-corrected chi connectivity index (χ4v) is 3.39. The summed E-state index contributed by atoms with van der Waals surface area (Å²) in [4.78, 5) is 5.56. The predicted octanol–water partition coefficient (Wildman–Crippen LogP) is 1.58. The Morgan fingerprint density at radius 2 is 2.00 bits per heavy atom. The number of rotatable bonds is 1. The summed E-state index contributed by atoms with van der Waals surface area (Å²) >= 11 is 1.67. The third-order valence-electron chi connectivity index (χ3n) is 2.94. The van der Waals surface area contributed by atoms with E-state index in [0.717, 1.165) is 23.4 Å². The summed E-state index contributed by atoms with van der Waals surface area (Å²) in [5.41, 5.74) is 13.9. The minimum Gasteiger partial charge on any atom is -0.390 e. The van der Waals surface area contributed by atoms with Crippen molar-refractivity contribution in [3.63, 3.8) is 0 Å². The molecule has 0 aliphatic heterocycles. The number of anilines is 2. The molecule has 0 radical (unpaired) electrons. The third kappa shape index (κ3) is 1.37. The lowest BCUT2D eigenvalue weighted by molar-refractivity contribution is 0.697. The van der Waals surface area contributed by atoms with Crippen molar-refractivity contribution < 1.29 is 0 Å². The lowest BCUT2D eigenvalue weighted by atomic mass is 9.95. The van der Waals surface area contributed by atoms with Crippen LogP contribution in [0.3, 0.4) is 0 Å². The number of aryl methyl sites for hydroxylation is 1. The standard InChI is InChI=1S/C10H13N5S/c11-8-7(9-13-10(12)15-14-9)5-3-1-2-4-6(5)16-8/h1-4,11H2,(H3,12,13,14,15). The van der Waals surface area contributed by atoms with Crippen LogP contribution in [0, 0.1) is 0 Å². The molecule has 16 heavy (non-hydrogen) atoms. The number of hydrogen-bond donors (Lipinski definition) is 3. The summed E-state index contributed by atoms with van der Waals surface area (Å²) in [5, 5.41) is 7.51. The van der Waals surface area contributed by atoms with Crippen molar-refractivity contribution >= 4 is 22.3 Å². The second kappa shape index (κ2) is 3.48. The summed E-state index contributed by atoms with van der Waals surface area (Å²) in [5.74, 6) is 0.972. The van der Waals surface area contributed by atoms with E-state index in [0.29, 0.717) is 5.82 Å². The van der Waals surface area contributed by atoms with Crippen molar-refractivity contribution in [2.24, 2.45) is 0 Å². The lowest BCUT2D eigenvalue weighted by Crippen LogP contribution is -2.00. The molecule has 0 atom stereocenters. The molecule has 1 aliphatic rings.